The number of carbonyl (C=O) groups is 1. The number of amides is 1. The van der Waals surface area contributed by atoms with E-state index in [9.17, 15) is 10.0 Å². The van der Waals surface area contributed by atoms with Crippen LogP contribution in [0.15, 0.2) is 18.3 Å². The van der Waals surface area contributed by atoms with Gasteiger partial charge in [0, 0.05) is 6.07 Å². The van der Waals surface area contributed by atoms with Crippen LogP contribution >= 0.6 is 0 Å². The van der Waals surface area contributed by atoms with Crippen LogP contribution in [0.3, 0.4) is 0 Å². The molecule has 0 atom stereocenters. The summed E-state index contributed by atoms with van der Waals surface area (Å²) in [6.07, 6.45) is 1.54. The van der Waals surface area contributed by atoms with E-state index in [2.05, 4.69) is 5.32 Å². The van der Waals surface area contributed by atoms with Crippen LogP contribution in [0.2, 0.25) is 0 Å². The molecule has 1 aromatic rings. The zero-order valence-corrected chi connectivity index (χ0v) is 9.53. The summed E-state index contributed by atoms with van der Waals surface area (Å²) in [4.78, 5) is 11.6. The van der Waals surface area contributed by atoms with Crippen LogP contribution in [-0.4, -0.2) is 11.1 Å². The molecule has 0 unspecified atom stereocenters. The second-order valence-electron chi connectivity index (χ2n) is 4.64. The van der Waals surface area contributed by atoms with Crippen molar-refractivity contribution in [2.24, 2.45) is 5.41 Å². The third kappa shape index (κ3) is 2.94. The van der Waals surface area contributed by atoms with E-state index < -0.39 is 5.41 Å². The van der Waals surface area contributed by atoms with Crippen molar-refractivity contribution in [3.05, 3.63) is 23.9 Å². The van der Waals surface area contributed by atoms with Crippen LogP contribution < -0.4 is 10.0 Å². The molecule has 0 bridgehead atoms. The van der Waals surface area contributed by atoms with Gasteiger partial charge in [0.05, 0.1) is 5.41 Å². The molecule has 4 heteroatoms. The number of nitrogens with zero attached hydrogens (tertiary/aromatic N) is 1. The molecule has 82 valence electrons. The first-order valence-corrected chi connectivity index (χ1v) is 4.84. The van der Waals surface area contributed by atoms with Gasteiger partial charge in [-0.2, -0.15) is 0 Å². The fourth-order valence-electron chi connectivity index (χ4n) is 0.995. The zero-order valence-electron chi connectivity index (χ0n) is 9.53. The van der Waals surface area contributed by atoms with Crippen LogP contribution in [0.1, 0.15) is 26.3 Å². The summed E-state index contributed by atoms with van der Waals surface area (Å²) in [5.74, 6) is 0.245. The van der Waals surface area contributed by atoms with Crippen molar-refractivity contribution in [3.8, 4) is 0 Å². The fraction of sp³-hybridized carbons (Fsp3) is 0.455. The highest BCUT2D eigenvalue weighted by atomic mass is 16.5. The van der Waals surface area contributed by atoms with Crippen molar-refractivity contribution in [3.63, 3.8) is 0 Å². The third-order valence-electron chi connectivity index (χ3n) is 2.00. The standard InChI is InChI=1S/C11H16N2O2/c1-8-5-6-9(13(15)7-8)12-10(14)11(2,3)4/h5-7,15H,1-4H3/p+1. The molecule has 0 spiro atoms. The molecule has 2 N–H and O–H groups in total. The highest BCUT2D eigenvalue weighted by Crippen LogP contribution is 2.15. The number of hydrogen-bond acceptors (Lipinski definition) is 2. The molecule has 0 aliphatic heterocycles. The molecule has 0 aliphatic carbocycles. The minimum Gasteiger partial charge on any atom is -0.350 e. The zero-order chi connectivity index (χ0) is 11.6. The number of hydrogen-bond donors (Lipinski definition) is 2. The number of rotatable bonds is 1. The molecule has 0 saturated carbocycles. The van der Waals surface area contributed by atoms with E-state index in [1.165, 1.54) is 6.20 Å². The van der Waals surface area contributed by atoms with Crippen molar-refractivity contribution in [2.75, 3.05) is 5.32 Å². The summed E-state index contributed by atoms with van der Waals surface area (Å²) in [7, 11) is 0. The molecule has 0 aliphatic rings. The fourth-order valence-corrected chi connectivity index (χ4v) is 0.995. The predicted molar refractivity (Wildman–Crippen MR) is 56.6 cm³/mol. The summed E-state index contributed by atoms with van der Waals surface area (Å²) in [6, 6.07) is 3.49. The quantitative estimate of drug-likeness (QED) is 0.544. The van der Waals surface area contributed by atoms with E-state index >= 15 is 0 Å². The molecule has 0 saturated heterocycles. The Morgan fingerprint density at radius 1 is 1.40 bits per heavy atom. The number of anilines is 1. The lowest BCUT2D eigenvalue weighted by Gasteiger charge is -2.12. The molecular weight excluding hydrogens is 192 g/mol. The summed E-state index contributed by atoms with van der Waals surface area (Å²) < 4.78 is 0.916. The summed E-state index contributed by atoms with van der Waals surface area (Å²) >= 11 is 0. The smallest absolute Gasteiger partial charge is 0.321 e. The molecule has 1 aromatic heterocycles. The van der Waals surface area contributed by atoms with Gasteiger partial charge in [0.2, 0.25) is 0 Å². The molecule has 1 heterocycles. The van der Waals surface area contributed by atoms with Crippen LogP contribution in [-0.2, 0) is 4.79 Å². The Bertz CT molecular complexity index is 381. The van der Waals surface area contributed by atoms with Gasteiger partial charge in [-0.15, -0.1) is 0 Å². The van der Waals surface area contributed by atoms with E-state index in [1.807, 2.05) is 33.8 Å². The largest absolute Gasteiger partial charge is 0.350 e. The number of aromatic nitrogens is 1. The highest BCUT2D eigenvalue weighted by Gasteiger charge is 2.27. The summed E-state index contributed by atoms with van der Waals surface area (Å²) in [5, 5.41) is 12.2. The average Bonchev–Trinajstić information content (AvgIpc) is 2.08. The highest BCUT2D eigenvalue weighted by molar-refractivity contribution is 5.93. The van der Waals surface area contributed by atoms with Crippen LogP contribution in [0, 0.1) is 12.3 Å². The molecular formula is C11H17N2O2+. The van der Waals surface area contributed by atoms with E-state index in [0.717, 1.165) is 10.3 Å². The predicted octanol–water partition coefficient (Wildman–Crippen LogP) is 1.50. The Labute approximate surface area is 89.5 Å². The van der Waals surface area contributed by atoms with Crippen molar-refractivity contribution in [2.45, 2.75) is 27.7 Å². The molecule has 1 rings (SSSR count). The van der Waals surface area contributed by atoms with Crippen molar-refractivity contribution >= 4 is 11.7 Å². The first-order valence-electron chi connectivity index (χ1n) is 4.84. The average molecular weight is 209 g/mol. The Hall–Kier alpha value is -1.58. The third-order valence-corrected chi connectivity index (χ3v) is 2.00. The molecule has 15 heavy (non-hydrogen) atoms. The maximum atomic E-state index is 11.6. The van der Waals surface area contributed by atoms with Gasteiger partial charge in [-0.25, -0.2) is 10.1 Å². The molecule has 0 fully saturated rings. The van der Waals surface area contributed by atoms with E-state index in [1.54, 1.807) is 6.07 Å². The Morgan fingerprint density at radius 2 is 2.00 bits per heavy atom. The van der Waals surface area contributed by atoms with Gasteiger partial charge in [-0.05, 0) is 39.3 Å². The maximum Gasteiger partial charge on any atom is 0.321 e. The lowest BCUT2D eigenvalue weighted by atomic mass is 9.96. The van der Waals surface area contributed by atoms with Crippen LogP contribution in [0.25, 0.3) is 0 Å². The van der Waals surface area contributed by atoms with Crippen molar-refractivity contribution in [1.29, 1.82) is 0 Å². The van der Waals surface area contributed by atoms with Gasteiger partial charge in [0.1, 0.15) is 6.20 Å². The van der Waals surface area contributed by atoms with E-state index in [-0.39, 0.29) is 5.91 Å². The normalized spacial score (nSPS) is 11.2. The number of aryl methyl sites for hydroxylation is 1. The topological polar surface area (TPSA) is 53.2 Å². The molecule has 0 radical (unpaired) electrons. The maximum absolute atomic E-state index is 11.6. The van der Waals surface area contributed by atoms with Gasteiger partial charge in [-0.1, -0.05) is 4.73 Å². The minimum absolute atomic E-state index is 0.130. The van der Waals surface area contributed by atoms with Gasteiger partial charge < -0.3 is 5.21 Å². The first-order chi connectivity index (χ1) is 6.80. The monoisotopic (exact) mass is 209 g/mol. The van der Waals surface area contributed by atoms with Crippen LogP contribution in [0.5, 0.6) is 0 Å². The Balaban J connectivity index is 2.87. The first kappa shape index (κ1) is 11.5. The minimum atomic E-state index is -0.474. The van der Waals surface area contributed by atoms with E-state index in [0.29, 0.717) is 5.82 Å². The van der Waals surface area contributed by atoms with Crippen LogP contribution in [0.4, 0.5) is 5.82 Å². The Morgan fingerprint density at radius 3 is 2.47 bits per heavy atom. The lowest BCUT2D eigenvalue weighted by molar-refractivity contribution is -0.893. The van der Waals surface area contributed by atoms with Gasteiger partial charge in [0.15, 0.2) is 0 Å². The van der Waals surface area contributed by atoms with Gasteiger partial charge in [-0.3, -0.25) is 0 Å². The molecule has 4 nitrogen and oxygen atoms in total. The number of nitrogens with one attached hydrogen (secondary N) is 1. The Kier molecular flexibility index (Phi) is 2.98. The second-order valence-corrected chi connectivity index (χ2v) is 4.64. The van der Waals surface area contributed by atoms with E-state index in [4.69, 9.17) is 0 Å². The number of pyridine rings is 1. The second kappa shape index (κ2) is 3.88. The molecule has 1 amide bonds. The summed E-state index contributed by atoms with van der Waals surface area (Å²) in [6.45, 7) is 7.32. The number of carbonyl (C=O) groups excluding carboxylic acids is 1. The van der Waals surface area contributed by atoms with Gasteiger partial charge in [0.25, 0.3) is 0 Å². The summed E-state index contributed by atoms with van der Waals surface area (Å²) in [5.41, 5.74) is 0.448. The van der Waals surface area contributed by atoms with Gasteiger partial charge >= 0.3 is 11.7 Å². The lowest BCUT2D eigenvalue weighted by Crippen LogP contribution is -2.38. The van der Waals surface area contributed by atoms with Crippen molar-refractivity contribution in [1.82, 2.24) is 0 Å². The molecule has 0 aromatic carbocycles. The van der Waals surface area contributed by atoms with Crippen molar-refractivity contribution < 1.29 is 14.7 Å². The SMILES string of the molecule is Cc1ccc(NC(=O)C(C)(C)C)[n+](O)c1.